The third-order valence-electron chi connectivity index (χ3n) is 4.15. The molecule has 0 spiro atoms. The molecular formula is C12H13N2O3S-. The predicted molar refractivity (Wildman–Crippen MR) is 63.6 cm³/mol. The van der Waals surface area contributed by atoms with Gasteiger partial charge in [0, 0.05) is 29.4 Å². The van der Waals surface area contributed by atoms with E-state index in [4.69, 9.17) is 0 Å². The van der Waals surface area contributed by atoms with E-state index in [1.807, 2.05) is 0 Å². The highest BCUT2D eigenvalue weighted by atomic mass is 32.1. The van der Waals surface area contributed by atoms with Crippen molar-refractivity contribution in [2.24, 2.45) is 23.7 Å². The molecule has 2 aliphatic rings. The highest BCUT2D eigenvalue weighted by molar-refractivity contribution is 7.13. The molecular weight excluding hydrogens is 252 g/mol. The standard InChI is InChI=1S/C12H14N2O3S/c15-10(14-12-13-3-4-18-12)8-6-1-2-7(5-6)9(8)11(16)17/h3-4,6-9H,1-2,5H2,(H,16,17)(H,13,14,15)/p-1/t6-,7-,8+,9+/m1/s1. The Morgan fingerprint density at radius 2 is 2.06 bits per heavy atom. The lowest BCUT2D eigenvalue weighted by molar-refractivity contribution is -0.314. The van der Waals surface area contributed by atoms with Gasteiger partial charge in [-0.1, -0.05) is 0 Å². The zero-order valence-electron chi connectivity index (χ0n) is 9.67. The number of hydrogen-bond donors (Lipinski definition) is 1. The molecule has 2 saturated carbocycles. The van der Waals surface area contributed by atoms with Crippen molar-refractivity contribution in [3.05, 3.63) is 11.6 Å². The largest absolute Gasteiger partial charge is 0.550 e. The number of thiazole rings is 1. The monoisotopic (exact) mass is 265 g/mol. The fourth-order valence-corrected chi connectivity index (χ4v) is 4.01. The summed E-state index contributed by atoms with van der Waals surface area (Å²) < 4.78 is 0. The Bertz CT molecular complexity index is 474. The maximum absolute atomic E-state index is 12.2. The fraction of sp³-hybridized carbons (Fsp3) is 0.583. The van der Waals surface area contributed by atoms with Crippen LogP contribution in [-0.2, 0) is 9.59 Å². The van der Waals surface area contributed by atoms with E-state index in [0.717, 1.165) is 19.3 Å². The fourth-order valence-electron chi connectivity index (χ4n) is 3.48. The molecule has 6 heteroatoms. The number of fused-ring (bicyclic) bond motifs is 2. The highest BCUT2D eigenvalue weighted by Crippen LogP contribution is 2.52. The molecule has 1 amide bonds. The Labute approximate surface area is 108 Å². The molecule has 0 unspecified atom stereocenters. The second kappa shape index (κ2) is 4.35. The second-order valence-electron chi connectivity index (χ2n) is 5.03. The number of amides is 1. The first-order valence-electron chi connectivity index (χ1n) is 6.08. The van der Waals surface area contributed by atoms with E-state index in [0.29, 0.717) is 5.13 Å². The van der Waals surface area contributed by atoms with Gasteiger partial charge in [0.05, 0.1) is 0 Å². The minimum Gasteiger partial charge on any atom is -0.550 e. The first kappa shape index (κ1) is 11.6. The van der Waals surface area contributed by atoms with Crippen molar-refractivity contribution >= 4 is 28.3 Å². The van der Waals surface area contributed by atoms with E-state index >= 15 is 0 Å². The molecule has 1 aromatic heterocycles. The summed E-state index contributed by atoms with van der Waals surface area (Å²) in [7, 11) is 0. The van der Waals surface area contributed by atoms with Gasteiger partial charge in [-0.05, 0) is 31.1 Å². The van der Waals surface area contributed by atoms with Gasteiger partial charge >= 0.3 is 0 Å². The Morgan fingerprint density at radius 3 is 2.67 bits per heavy atom. The Kier molecular flexibility index (Phi) is 2.81. The number of hydrogen-bond acceptors (Lipinski definition) is 5. The van der Waals surface area contributed by atoms with E-state index in [-0.39, 0.29) is 17.7 Å². The molecule has 96 valence electrons. The molecule has 4 atom stereocenters. The van der Waals surface area contributed by atoms with Crippen LogP contribution in [0.1, 0.15) is 19.3 Å². The maximum Gasteiger partial charge on any atom is 0.230 e. The van der Waals surface area contributed by atoms with Gasteiger partial charge in [0.1, 0.15) is 0 Å². The number of anilines is 1. The van der Waals surface area contributed by atoms with E-state index in [1.165, 1.54) is 11.3 Å². The van der Waals surface area contributed by atoms with Crippen LogP contribution in [0.4, 0.5) is 5.13 Å². The Hall–Kier alpha value is -1.43. The van der Waals surface area contributed by atoms with Crippen LogP contribution in [-0.4, -0.2) is 16.9 Å². The summed E-state index contributed by atoms with van der Waals surface area (Å²) >= 11 is 1.33. The molecule has 2 fully saturated rings. The number of carboxylic acids is 1. The minimum absolute atomic E-state index is 0.118. The molecule has 3 rings (SSSR count). The zero-order valence-corrected chi connectivity index (χ0v) is 10.5. The third-order valence-corrected chi connectivity index (χ3v) is 4.84. The third kappa shape index (κ3) is 1.80. The lowest BCUT2D eigenvalue weighted by Crippen LogP contribution is -2.43. The lowest BCUT2D eigenvalue weighted by Gasteiger charge is -2.30. The summed E-state index contributed by atoms with van der Waals surface area (Å²) in [6.07, 6.45) is 4.31. The summed E-state index contributed by atoms with van der Waals surface area (Å²) in [5.41, 5.74) is 0. The van der Waals surface area contributed by atoms with Crippen molar-refractivity contribution in [1.82, 2.24) is 4.98 Å². The SMILES string of the molecule is O=C([O-])[C@H]1[C@@H]2CC[C@H](C2)[C@@H]1C(=O)Nc1nccs1. The van der Waals surface area contributed by atoms with Crippen LogP contribution in [0.2, 0.25) is 0 Å². The minimum atomic E-state index is -1.08. The summed E-state index contributed by atoms with van der Waals surface area (Å²) in [5.74, 6) is -2.06. The van der Waals surface area contributed by atoms with Gasteiger partial charge < -0.3 is 15.2 Å². The summed E-state index contributed by atoms with van der Waals surface area (Å²) in [6.45, 7) is 0. The number of nitrogens with one attached hydrogen (secondary N) is 1. The van der Waals surface area contributed by atoms with E-state index < -0.39 is 17.8 Å². The average Bonchev–Trinajstić information content (AvgIpc) is 3.03. The number of carboxylic acid groups (broad SMARTS) is 1. The molecule has 1 N–H and O–H groups in total. The van der Waals surface area contributed by atoms with Crippen molar-refractivity contribution in [2.75, 3.05) is 5.32 Å². The van der Waals surface area contributed by atoms with Crippen LogP contribution in [0.15, 0.2) is 11.6 Å². The number of nitrogens with zero attached hydrogens (tertiary/aromatic N) is 1. The summed E-state index contributed by atoms with van der Waals surface area (Å²) in [6, 6.07) is 0. The highest BCUT2D eigenvalue weighted by Gasteiger charge is 2.51. The quantitative estimate of drug-likeness (QED) is 0.862. The smallest absolute Gasteiger partial charge is 0.230 e. The molecule has 5 nitrogen and oxygen atoms in total. The molecule has 2 aliphatic carbocycles. The normalized spacial score (nSPS) is 33.6. The number of carbonyl (C=O) groups is 2. The van der Waals surface area contributed by atoms with Gasteiger partial charge in [0.15, 0.2) is 5.13 Å². The Balaban J connectivity index is 1.78. The van der Waals surface area contributed by atoms with Gasteiger partial charge in [0.2, 0.25) is 5.91 Å². The molecule has 18 heavy (non-hydrogen) atoms. The van der Waals surface area contributed by atoms with Gasteiger partial charge in [-0.2, -0.15) is 0 Å². The molecule has 0 saturated heterocycles. The molecule has 1 heterocycles. The van der Waals surface area contributed by atoms with Gasteiger partial charge in [0.25, 0.3) is 0 Å². The van der Waals surface area contributed by atoms with Gasteiger partial charge in [-0.15, -0.1) is 11.3 Å². The van der Waals surface area contributed by atoms with E-state index in [2.05, 4.69) is 10.3 Å². The van der Waals surface area contributed by atoms with Crippen LogP contribution in [0.25, 0.3) is 0 Å². The van der Waals surface area contributed by atoms with Crippen LogP contribution >= 0.6 is 11.3 Å². The topological polar surface area (TPSA) is 82.1 Å². The van der Waals surface area contributed by atoms with Crippen molar-refractivity contribution in [3.8, 4) is 0 Å². The van der Waals surface area contributed by atoms with Crippen LogP contribution < -0.4 is 10.4 Å². The van der Waals surface area contributed by atoms with Crippen molar-refractivity contribution in [1.29, 1.82) is 0 Å². The lowest BCUT2D eigenvalue weighted by atomic mass is 9.79. The van der Waals surface area contributed by atoms with Crippen LogP contribution in [0.5, 0.6) is 0 Å². The van der Waals surface area contributed by atoms with E-state index in [1.54, 1.807) is 11.6 Å². The predicted octanol–water partition coefficient (Wildman–Crippen LogP) is 0.494. The summed E-state index contributed by atoms with van der Waals surface area (Å²) in [5, 5.41) is 16.2. The number of aromatic nitrogens is 1. The number of rotatable bonds is 3. The molecule has 0 aliphatic heterocycles. The summed E-state index contributed by atoms with van der Waals surface area (Å²) in [4.78, 5) is 27.4. The molecule has 2 bridgehead atoms. The average molecular weight is 265 g/mol. The van der Waals surface area contributed by atoms with E-state index in [9.17, 15) is 14.7 Å². The zero-order chi connectivity index (χ0) is 12.7. The van der Waals surface area contributed by atoms with Crippen molar-refractivity contribution < 1.29 is 14.7 Å². The number of aliphatic carboxylic acids is 1. The molecule has 0 radical (unpaired) electrons. The first-order valence-corrected chi connectivity index (χ1v) is 6.96. The van der Waals surface area contributed by atoms with Crippen molar-refractivity contribution in [3.63, 3.8) is 0 Å². The maximum atomic E-state index is 12.2. The van der Waals surface area contributed by atoms with Crippen LogP contribution in [0.3, 0.4) is 0 Å². The molecule has 1 aromatic rings. The second-order valence-corrected chi connectivity index (χ2v) is 5.92. The first-order chi connectivity index (χ1) is 8.66. The molecule has 0 aromatic carbocycles. The number of carbonyl (C=O) groups excluding carboxylic acids is 2. The van der Waals surface area contributed by atoms with Gasteiger partial charge in [-0.25, -0.2) is 4.98 Å². The van der Waals surface area contributed by atoms with Gasteiger partial charge in [-0.3, -0.25) is 4.79 Å². The van der Waals surface area contributed by atoms with Crippen molar-refractivity contribution in [2.45, 2.75) is 19.3 Å². The Morgan fingerprint density at radius 1 is 1.33 bits per heavy atom. The van der Waals surface area contributed by atoms with Crippen LogP contribution in [0, 0.1) is 23.7 Å².